The number of rotatable bonds is 1. The van der Waals surface area contributed by atoms with Gasteiger partial charge in [-0.2, -0.15) is 0 Å². The standard InChI is InChI=1S/C12H18O2Si/c1-10(13)14-12-6-5-11(9-12)7-8-15(2,3)4/h9,12H,5-6H2,1-4H3/t12-/m0/s1. The molecule has 2 nitrogen and oxygen atoms in total. The fourth-order valence-electron chi connectivity index (χ4n) is 1.37. The molecule has 0 saturated heterocycles. The van der Waals surface area contributed by atoms with E-state index in [0.29, 0.717) is 0 Å². The third kappa shape index (κ3) is 4.85. The van der Waals surface area contributed by atoms with Crippen molar-refractivity contribution < 1.29 is 9.53 Å². The lowest BCUT2D eigenvalue weighted by atomic mass is 10.2. The summed E-state index contributed by atoms with van der Waals surface area (Å²) in [5, 5.41) is 0. The molecule has 15 heavy (non-hydrogen) atoms. The van der Waals surface area contributed by atoms with Gasteiger partial charge in [0.25, 0.3) is 0 Å². The fraction of sp³-hybridized carbons (Fsp3) is 0.583. The second kappa shape index (κ2) is 4.67. The minimum atomic E-state index is -1.29. The van der Waals surface area contributed by atoms with E-state index in [1.165, 1.54) is 6.92 Å². The van der Waals surface area contributed by atoms with Crippen LogP contribution in [0.5, 0.6) is 0 Å². The number of esters is 1. The molecule has 0 saturated carbocycles. The highest BCUT2D eigenvalue weighted by molar-refractivity contribution is 6.83. The Morgan fingerprint density at radius 1 is 1.53 bits per heavy atom. The van der Waals surface area contributed by atoms with Gasteiger partial charge in [-0.1, -0.05) is 25.6 Å². The molecular weight excluding hydrogens is 204 g/mol. The van der Waals surface area contributed by atoms with Crippen molar-refractivity contribution in [3.05, 3.63) is 11.6 Å². The number of hydrogen-bond acceptors (Lipinski definition) is 2. The maximum Gasteiger partial charge on any atom is 0.303 e. The van der Waals surface area contributed by atoms with Crippen LogP contribution in [-0.4, -0.2) is 20.1 Å². The molecule has 0 aromatic rings. The second-order valence-electron chi connectivity index (χ2n) is 4.88. The predicted molar refractivity (Wildman–Crippen MR) is 64.0 cm³/mol. The Kier molecular flexibility index (Phi) is 3.76. The van der Waals surface area contributed by atoms with E-state index in [0.717, 1.165) is 18.4 Å². The fourth-order valence-corrected chi connectivity index (χ4v) is 1.90. The largest absolute Gasteiger partial charge is 0.458 e. The van der Waals surface area contributed by atoms with Gasteiger partial charge in [0.05, 0.1) is 0 Å². The summed E-state index contributed by atoms with van der Waals surface area (Å²) in [7, 11) is -1.29. The SMILES string of the molecule is CC(=O)O[C@@H]1C=C(C#C[Si](C)(C)C)CC1. The predicted octanol–water partition coefficient (Wildman–Crippen LogP) is 2.52. The van der Waals surface area contributed by atoms with E-state index in [4.69, 9.17) is 4.74 Å². The van der Waals surface area contributed by atoms with E-state index in [-0.39, 0.29) is 12.1 Å². The Labute approximate surface area is 92.7 Å². The summed E-state index contributed by atoms with van der Waals surface area (Å²) in [6.07, 6.45) is 3.76. The van der Waals surface area contributed by atoms with E-state index in [9.17, 15) is 4.79 Å². The van der Waals surface area contributed by atoms with Crippen molar-refractivity contribution in [3.63, 3.8) is 0 Å². The molecule has 0 spiro atoms. The molecule has 0 N–H and O–H groups in total. The average molecular weight is 222 g/mol. The van der Waals surface area contributed by atoms with Crippen LogP contribution < -0.4 is 0 Å². The van der Waals surface area contributed by atoms with Crippen molar-refractivity contribution in [3.8, 4) is 11.5 Å². The summed E-state index contributed by atoms with van der Waals surface area (Å²) in [6, 6.07) is 0. The summed E-state index contributed by atoms with van der Waals surface area (Å²) in [5.41, 5.74) is 4.45. The number of carbonyl (C=O) groups is 1. The van der Waals surface area contributed by atoms with Crippen LogP contribution in [0.1, 0.15) is 19.8 Å². The van der Waals surface area contributed by atoms with E-state index in [1.54, 1.807) is 0 Å². The highest BCUT2D eigenvalue weighted by Gasteiger charge is 2.17. The van der Waals surface area contributed by atoms with Gasteiger partial charge in [-0.15, -0.1) is 5.54 Å². The minimum absolute atomic E-state index is 0.0477. The summed E-state index contributed by atoms with van der Waals surface area (Å²) in [5.74, 6) is 2.99. The zero-order chi connectivity index (χ0) is 11.5. The van der Waals surface area contributed by atoms with Gasteiger partial charge in [-0.25, -0.2) is 0 Å². The van der Waals surface area contributed by atoms with Crippen molar-refractivity contribution in [1.29, 1.82) is 0 Å². The van der Waals surface area contributed by atoms with Crippen molar-refractivity contribution in [2.24, 2.45) is 0 Å². The van der Waals surface area contributed by atoms with Gasteiger partial charge in [0.1, 0.15) is 14.2 Å². The number of hydrogen-bond donors (Lipinski definition) is 0. The van der Waals surface area contributed by atoms with Crippen molar-refractivity contribution >= 4 is 14.0 Å². The van der Waals surface area contributed by atoms with Crippen LogP contribution in [0, 0.1) is 11.5 Å². The molecule has 0 aromatic heterocycles. The van der Waals surface area contributed by atoms with Crippen LogP contribution in [0.15, 0.2) is 11.6 Å². The smallest absolute Gasteiger partial charge is 0.303 e. The number of allylic oxidation sites excluding steroid dienone is 1. The molecule has 0 bridgehead atoms. The van der Waals surface area contributed by atoms with Gasteiger partial charge in [-0.3, -0.25) is 4.79 Å². The van der Waals surface area contributed by atoms with Crippen LogP contribution in [-0.2, 0) is 9.53 Å². The molecule has 0 heterocycles. The lowest BCUT2D eigenvalue weighted by Crippen LogP contribution is -2.16. The quantitative estimate of drug-likeness (QED) is 0.387. The van der Waals surface area contributed by atoms with Gasteiger partial charge in [0.2, 0.25) is 0 Å². The lowest BCUT2D eigenvalue weighted by Gasteiger charge is -2.05. The molecule has 0 unspecified atom stereocenters. The highest BCUT2D eigenvalue weighted by atomic mass is 28.3. The Balaban J connectivity index is 2.58. The third-order valence-corrected chi connectivity index (χ3v) is 2.88. The summed E-state index contributed by atoms with van der Waals surface area (Å²) >= 11 is 0. The molecule has 1 aliphatic carbocycles. The molecule has 0 radical (unpaired) electrons. The summed E-state index contributed by atoms with van der Waals surface area (Å²) in [6.45, 7) is 8.11. The first-order valence-corrected chi connectivity index (χ1v) is 8.78. The monoisotopic (exact) mass is 222 g/mol. The molecule has 82 valence electrons. The molecule has 0 amide bonds. The van der Waals surface area contributed by atoms with Crippen LogP contribution in [0.3, 0.4) is 0 Å². The first kappa shape index (κ1) is 12.1. The van der Waals surface area contributed by atoms with Crippen molar-refractivity contribution in [1.82, 2.24) is 0 Å². The number of ether oxygens (including phenoxy) is 1. The summed E-state index contributed by atoms with van der Waals surface area (Å²) in [4.78, 5) is 10.7. The Bertz CT molecular complexity index is 339. The normalized spacial score (nSPS) is 20.3. The van der Waals surface area contributed by atoms with Gasteiger partial charge < -0.3 is 4.74 Å². The zero-order valence-corrected chi connectivity index (χ0v) is 10.9. The second-order valence-corrected chi connectivity index (χ2v) is 9.63. The minimum Gasteiger partial charge on any atom is -0.458 e. The van der Waals surface area contributed by atoms with Gasteiger partial charge in [-0.05, 0) is 18.9 Å². The van der Waals surface area contributed by atoms with Gasteiger partial charge in [0.15, 0.2) is 0 Å². The Hall–Kier alpha value is -1.01. The molecular formula is C12H18O2Si. The van der Waals surface area contributed by atoms with Crippen LogP contribution in [0.4, 0.5) is 0 Å². The third-order valence-electron chi connectivity index (χ3n) is 2.00. The van der Waals surface area contributed by atoms with Crippen LogP contribution in [0.2, 0.25) is 19.6 Å². The molecule has 0 fully saturated rings. The average Bonchev–Trinajstić information content (AvgIpc) is 2.46. The van der Waals surface area contributed by atoms with E-state index in [1.807, 2.05) is 6.08 Å². The van der Waals surface area contributed by atoms with Crippen LogP contribution >= 0.6 is 0 Å². The molecule has 1 atom stereocenters. The van der Waals surface area contributed by atoms with Crippen molar-refractivity contribution in [2.45, 2.75) is 45.5 Å². The van der Waals surface area contributed by atoms with E-state index < -0.39 is 8.07 Å². The highest BCUT2D eigenvalue weighted by Crippen LogP contribution is 2.20. The molecule has 0 aliphatic heterocycles. The molecule has 1 aliphatic rings. The maximum atomic E-state index is 10.7. The topological polar surface area (TPSA) is 26.3 Å². The molecule has 0 aromatic carbocycles. The number of carbonyl (C=O) groups excluding carboxylic acids is 1. The Morgan fingerprint density at radius 2 is 2.20 bits per heavy atom. The maximum absolute atomic E-state index is 10.7. The van der Waals surface area contributed by atoms with Gasteiger partial charge in [0, 0.05) is 12.5 Å². The van der Waals surface area contributed by atoms with Crippen molar-refractivity contribution in [2.75, 3.05) is 0 Å². The first-order valence-electron chi connectivity index (χ1n) is 5.28. The van der Waals surface area contributed by atoms with E-state index >= 15 is 0 Å². The van der Waals surface area contributed by atoms with Crippen LogP contribution in [0.25, 0.3) is 0 Å². The van der Waals surface area contributed by atoms with Gasteiger partial charge >= 0.3 is 5.97 Å². The van der Waals surface area contributed by atoms with E-state index in [2.05, 4.69) is 31.1 Å². The Morgan fingerprint density at radius 3 is 2.73 bits per heavy atom. The molecule has 3 heteroatoms. The first-order chi connectivity index (χ1) is 6.87. The zero-order valence-electron chi connectivity index (χ0n) is 9.89. The summed E-state index contributed by atoms with van der Waals surface area (Å²) < 4.78 is 5.10. The lowest BCUT2D eigenvalue weighted by molar-refractivity contribution is -0.144. The molecule has 1 rings (SSSR count).